The summed E-state index contributed by atoms with van der Waals surface area (Å²) in [6.45, 7) is 4.52. The van der Waals surface area contributed by atoms with Crippen LogP contribution in [0, 0.1) is 0 Å². The molecule has 1 aliphatic heterocycles. The standard InChI is InChI=1S/C24H22N6O4/c1-14(31)29-11-17-18(12-29)25-13-26-22(17)33-16-3-4-19-15(9-16)5-8-30(19)23(32)27-21-10-20(34-28-21)24(2)6-7-24/h3-5,8-10,13H,6-7,11-12H2,1-2H3,(H,27,28,32). The van der Waals surface area contributed by atoms with Gasteiger partial charge in [0, 0.05) is 30.0 Å². The smallest absolute Gasteiger partial charge is 0.331 e. The van der Waals surface area contributed by atoms with Gasteiger partial charge in [-0.3, -0.25) is 14.7 Å². The van der Waals surface area contributed by atoms with Gasteiger partial charge in [-0.25, -0.2) is 14.8 Å². The molecule has 6 rings (SSSR count). The van der Waals surface area contributed by atoms with Crippen molar-refractivity contribution < 1.29 is 18.8 Å². The molecule has 4 aromatic rings. The number of rotatable bonds is 4. The van der Waals surface area contributed by atoms with Crippen LogP contribution >= 0.6 is 0 Å². The summed E-state index contributed by atoms with van der Waals surface area (Å²) in [5.74, 6) is 2.17. The second-order valence-corrected chi connectivity index (χ2v) is 9.05. The van der Waals surface area contributed by atoms with E-state index in [0.29, 0.717) is 30.5 Å². The highest BCUT2D eigenvalue weighted by molar-refractivity contribution is 5.98. The fourth-order valence-corrected chi connectivity index (χ4v) is 4.16. The number of carbonyl (C=O) groups excluding carboxylic acids is 2. The van der Waals surface area contributed by atoms with Crippen LogP contribution in [0.1, 0.15) is 43.7 Å². The van der Waals surface area contributed by atoms with Gasteiger partial charge in [0.15, 0.2) is 5.82 Å². The van der Waals surface area contributed by atoms with Gasteiger partial charge in [-0.05, 0) is 37.1 Å². The molecule has 1 aliphatic carbocycles. The Morgan fingerprint density at radius 2 is 2.00 bits per heavy atom. The van der Waals surface area contributed by atoms with Crippen molar-refractivity contribution in [2.45, 2.75) is 45.2 Å². The van der Waals surface area contributed by atoms with Crippen molar-refractivity contribution >= 4 is 28.7 Å². The predicted molar refractivity (Wildman–Crippen MR) is 121 cm³/mol. The molecule has 0 atom stereocenters. The second-order valence-electron chi connectivity index (χ2n) is 9.05. The van der Waals surface area contributed by atoms with Crippen molar-refractivity contribution in [1.29, 1.82) is 0 Å². The van der Waals surface area contributed by atoms with Crippen molar-refractivity contribution in [3.05, 3.63) is 59.9 Å². The van der Waals surface area contributed by atoms with Gasteiger partial charge in [0.1, 0.15) is 17.8 Å². The van der Waals surface area contributed by atoms with Crippen LogP contribution in [-0.2, 0) is 23.3 Å². The molecule has 10 nitrogen and oxygen atoms in total. The zero-order valence-corrected chi connectivity index (χ0v) is 18.7. The number of hydrogen-bond acceptors (Lipinski definition) is 7. The summed E-state index contributed by atoms with van der Waals surface area (Å²) in [5, 5.41) is 7.60. The number of fused-ring (bicyclic) bond motifs is 2. The summed E-state index contributed by atoms with van der Waals surface area (Å²) < 4.78 is 13.0. The molecule has 1 fully saturated rings. The SMILES string of the molecule is CC(=O)N1Cc2ncnc(Oc3ccc4c(ccn4C(=O)Nc4cc(C5(C)CC5)on4)c3)c2C1. The Balaban J connectivity index is 1.21. The first-order valence-electron chi connectivity index (χ1n) is 11.1. The quantitative estimate of drug-likeness (QED) is 0.487. The van der Waals surface area contributed by atoms with Crippen LogP contribution in [0.4, 0.5) is 10.6 Å². The lowest BCUT2D eigenvalue weighted by Crippen LogP contribution is -2.21. The van der Waals surface area contributed by atoms with E-state index in [1.807, 2.05) is 18.2 Å². The minimum atomic E-state index is -0.331. The second kappa shape index (κ2) is 7.41. The molecule has 0 spiro atoms. The molecule has 172 valence electrons. The first-order chi connectivity index (χ1) is 16.4. The highest BCUT2D eigenvalue weighted by atomic mass is 16.5. The number of nitrogens with one attached hydrogen (secondary N) is 1. The minimum Gasteiger partial charge on any atom is -0.439 e. The zero-order valence-electron chi connectivity index (χ0n) is 18.7. The molecule has 2 amide bonds. The Kier molecular flexibility index (Phi) is 4.44. The lowest BCUT2D eigenvalue weighted by molar-refractivity contribution is -0.129. The topological polar surface area (TPSA) is 115 Å². The molecule has 1 N–H and O–H groups in total. The van der Waals surface area contributed by atoms with Gasteiger partial charge in [-0.1, -0.05) is 12.1 Å². The maximum atomic E-state index is 12.8. The van der Waals surface area contributed by atoms with E-state index in [9.17, 15) is 9.59 Å². The van der Waals surface area contributed by atoms with Gasteiger partial charge in [0.2, 0.25) is 11.8 Å². The molecule has 3 aromatic heterocycles. The number of aromatic nitrogens is 4. The fraction of sp³-hybridized carbons (Fsp3) is 0.292. The van der Waals surface area contributed by atoms with Crippen LogP contribution in [0.2, 0.25) is 0 Å². The van der Waals surface area contributed by atoms with E-state index in [1.54, 1.807) is 23.2 Å². The van der Waals surface area contributed by atoms with Crippen LogP contribution < -0.4 is 10.1 Å². The molecule has 1 aromatic carbocycles. The van der Waals surface area contributed by atoms with Gasteiger partial charge < -0.3 is 14.2 Å². The Morgan fingerprint density at radius 1 is 1.15 bits per heavy atom. The zero-order chi connectivity index (χ0) is 23.4. The maximum absolute atomic E-state index is 12.8. The number of anilines is 1. The number of hydrogen-bond donors (Lipinski definition) is 1. The number of benzene rings is 1. The van der Waals surface area contributed by atoms with Crippen molar-refractivity contribution in [3.8, 4) is 11.6 Å². The third-order valence-corrected chi connectivity index (χ3v) is 6.57. The maximum Gasteiger partial charge on any atom is 0.331 e. The molecule has 10 heteroatoms. The van der Waals surface area contributed by atoms with Gasteiger partial charge in [-0.15, -0.1) is 0 Å². The van der Waals surface area contributed by atoms with Crippen LogP contribution in [-0.4, -0.2) is 36.5 Å². The van der Waals surface area contributed by atoms with E-state index in [1.165, 1.54) is 17.8 Å². The molecular weight excluding hydrogens is 436 g/mol. The first-order valence-corrected chi connectivity index (χ1v) is 11.1. The van der Waals surface area contributed by atoms with E-state index in [2.05, 4.69) is 27.4 Å². The first kappa shape index (κ1) is 20.4. The van der Waals surface area contributed by atoms with Crippen molar-refractivity contribution in [2.75, 3.05) is 5.32 Å². The van der Waals surface area contributed by atoms with E-state index in [-0.39, 0.29) is 17.4 Å². The Bertz CT molecular complexity index is 1450. The molecule has 0 radical (unpaired) electrons. The summed E-state index contributed by atoms with van der Waals surface area (Å²) in [6, 6.07) is 8.72. The van der Waals surface area contributed by atoms with Crippen molar-refractivity contribution in [3.63, 3.8) is 0 Å². The van der Waals surface area contributed by atoms with Gasteiger partial charge in [0.25, 0.3) is 0 Å². The van der Waals surface area contributed by atoms with Gasteiger partial charge in [-0.2, -0.15) is 0 Å². The normalized spacial score (nSPS) is 15.9. The summed E-state index contributed by atoms with van der Waals surface area (Å²) in [7, 11) is 0. The number of carbonyl (C=O) groups is 2. The minimum absolute atomic E-state index is 0.0198. The third-order valence-electron chi connectivity index (χ3n) is 6.57. The molecule has 4 heterocycles. The summed E-state index contributed by atoms with van der Waals surface area (Å²) in [4.78, 5) is 34.8. The molecule has 0 bridgehead atoms. The molecule has 0 unspecified atom stereocenters. The summed E-state index contributed by atoms with van der Waals surface area (Å²) in [5.41, 5.74) is 2.36. The van der Waals surface area contributed by atoms with Crippen LogP contribution in [0.15, 0.2) is 47.4 Å². The average molecular weight is 458 g/mol. The van der Waals surface area contributed by atoms with Crippen molar-refractivity contribution in [1.82, 2.24) is 24.6 Å². The molecule has 0 saturated heterocycles. The largest absolute Gasteiger partial charge is 0.439 e. The Labute approximate surface area is 194 Å². The lowest BCUT2D eigenvalue weighted by atomic mass is 10.1. The van der Waals surface area contributed by atoms with Gasteiger partial charge >= 0.3 is 6.03 Å². The summed E-state index contributed by atoms with van der Waals surface area (Å²) in [6.07, 6.45) is 5.26. The molecular formula is C24H22N6O4. The van der Waals surface area contributed by atoms with E-state index >= 15 is 0 Å². The third kappa shape index (κ3) is 3.47. The molecule has 2 aliphatic rings. The Morgan fingerprint density at radius 3 is 2.79 bits per heavy atom. The Hall–Kier alpha value is -4.21. The van der Waals surface area contributed by atoms with E-state index in [0.717, 1.165) is 40.8 Å². The predicted octanol–water partition coefficient (Wildman–Crippen LogP) is 4.21. The van der Waals surface area contributed by atoms with Gasteiger partial charge in [0.05, 0.1) is 29.9 Å². The highest BCUT2D eigenvalue weighted by Crippen LogP contribution is 2.48. The number of ether oxygens (including phenoxy) is 1. The van der Waals surface area contributed by atoms with Crippen LogP contribution in [0.25, 0.3) is 10.9 Å². The monoisotopic (exact) mass is 458 g/mol. The number of nitrogens with zero attached hydrogens (tertiary/aromatic N) is 5. The average Bonchev–Trinajstić information content (AvgIpc) is 3.22. The van der Waals surface area contributed by atoms with Crippen LogP contribution in [0.3, 0.4) is 0 Å². The van der Waals surface area contributed by atoms with E-state index in [4.69, 9.17) is 9.26 Å². The van der Waals surface area contributed by atoms with Crippen LogP contribution in [0.5, 0.6) is 11.6 Å². The lowest BCUT2D eigenvalue weighted by Gasteiger charge is -2.11. The molecule has 1 saturated carbocycles. The fourth-order valence-electron chi connectivity index (χ4n) is 4.16. The summed E-state index contributed by atoms with van der Waals surface area (Å²) >= 11 is 0. The highest BCUT2D eigenvalue weighted by Gasteiger charge is 2.43. The van der Waals surface area contributed by atoms with E-state index < -0.39 is 0 Å². The van der Waals surface area contributed by atoms with Crippen molar-refractivity contribution in [2.24, 2.45) is 0 Å². The molecule has 34 heavy (non-hydrogen) atoms. The number of amides is 2.